The van der Waals surface area contributed by atoms with E-state index in [0.29, 0.717) is 0 Å². The Morgan fingerprint density at radius 1 is 1.38 bits per heavy atom. The molecule has 0 amide bonds. The number of hydrogen-bond donors (Lipinski definition) is 1. The standard InChI is InChI=1S/C14H20O2/c1-8-6-10-12(9(2)13(8)16-5)11(15)7-14(10,3)4/h6,11,15H,7H2,1-5H3. The molecule has 0 saturated heterocycles. The fourth-order valence-electron chi connectivity index (χ4n) is 2.98. The van der Waals surface area contributed by atoms with Gasteiger partial charge in [-0.1, -0.05) is 19.9 Å². The summed E-state index contributed by atoms with van der Waals surface area (Å²) >= 11 is 0. The van der Waals surface area contributed by atoms with E-state index in [2.05, 4.69) is 26.8 Å². The fourth-order valence-corrected chi connectivity index (χ4v) is 2.98. The van der Waals surface area contributed by atoms with Gasteiger partial charge in [0.15, 0.2) is 0 Å². The summed E-state index contributed by atoms with van der Waals surface area (Å²) in [5.74, 6) is 0.913. The molecule has 0 spiro atoms. The molecule has 0 radical (unpaired) electrons. The van der Waals surface area contributed by atoms with Gasteiger partial charge in [-0.15, -0.1) is 0 Å². The van der Waals surface area contributed by atoms with E-state index in [0.717, 1.165) is 28.9 Å². The molecule has 16 heavy (non-hydrogen) atoms. The molecule has 1 unspecified atom stereocenters. The van der Waals surface area contributed by atoms with E-state index in [1.165, 1.54) is 5.56 Å². The Kier molecular flexibility index (Phi) is 2.50. The zero-order valence-corrected chi connectivity index (χ0v) is 10.7. The monoisotopic (exact) mass is 220 g/mol. The van der Waals surface area contributed by atoms with Gasteiger partial charge in [0.25, 0.3) is 0 Å². The van der Waals surface area contributed by atoms with Crippen LogP contribution in [0, 0.1) is 13.8 Å². The minimum absolute atomic E-state index is 0.0660. The third-order valence-electron chi connectivity index (χ3n) is 3.72. The molecule has 1 N–H and O–H groups in total. The summed E-state index contributed by atoms with van der Waals surface area (Å²) in [6.45, 7) is 8.48. The van der Waals surface area contributed by atoms with Crippen LogP contribution in [0.4, 0.5) is 0 Å². The molecule has 1 aliphatic carbocycles. The van der Waals surface area contributed by atoms with Gasteiger partial charge in [-0.3, -0.25) is 0 Å². The molecule has 0 saturated carbocycles. The predicted octanol–water partition coefficient (Wildman–Crippen LogP) is 3.03. The summed E-state index contributed by atoms with van der Waals surface area (Å²) in [6.07, 6.45) is 0.454. The second-order valence-corrected chi connectivity index (χ2v) is 5.42. The molecule has 0 aromatic heterocycles. The number of aliphatic hydroxyl groups excluding tert-OH is 1. The third-order valence-corrected chi connectivity index (χ3v) is 3.72. The van der Waals surface area contributed by atoms with Crippen LogP contribution in [0.3, 0.4) is 0 Å². The average Bonchev–Trinajstić information content (AvgIpc) is 2.37. The van der Waals surface area contributed by atoms with E-state index in [1.54, 1.807) is 7.11 Å². The van der Waals surface area contributed by atoms with Crippen molar-refractivity contribution in [3.8, 4) is 5.75 Å². The largest absolute Gasteiger partial charge is 0.496 e. The molecule has 1 aliphatic rings. The summed E-state index contributed by atoms with van der Waals surface area (Å²) in [5.41, 5.74) is 4.66. The lowest BCUT2D eigenvalue weighted by molar-refractivity contribution is 0.161. The number of fused-ring (bicyclic) bond motifs is 1. The van der Waals surface area contributed by atoms with Crippen molar-refractivity contribution < 1.29 is 9.84 Å². The Bertz CT molecular complexity index is 433. The van der Waals surface area contributed by atoms with Crippen molar-refractivity contribution in [2.45, 2.75) is 45.6 Å². The molecule has 0 fully saturated rings. The highest BCUT2D eigenvalue weighted by atomic mass is 16.5. The molecule has 0 aliphatic heterocycles. The predicted molar refractivity (Wildman–Crippen MR) is 65.1 cm³/mol. The maximum absolute atomic E-state index is 10.2. The zero-order chi connectivity index (χ0) is 12.1. The topological polar surface area (TPSA) is 29.5 Å². The Labute approximate surface area is 97.3 Å². The van der Waals surface area contributed by atoms with Crippen LogP contribution in [0.2, 0.25) is 0 Å². The molecule has 88 valence electrons. The first-order valence-electron chi connectivity index (χ1n) is 5.75. The van der Waals surface area contributed by atoms with Crippen molar-refractivity contribution >= 4 is 0 Å². The fraction of sp³-hybridized carbons (Fsp3) is 0.571. The Morgan fingerprint density at radius 3 is 2.56 bits per heavy atom. The van der Waals surface area contributed by atoms with Gasteiger partial charge in [0.2, 0.25) is 0 Å². The third kappa shape index (κ3) is 1.44. The van der Waals surface area contributed by atoms with Crippen LogP contribution in [0.25, 0.3) is 0 Å². The lowest BCUT2D eigenvalue weighted by atomic mass is 9.85. The first kappa shape index (κ1) is 11.5. The van der Waals surface area contributed by atoms with Crippen LogP contribution in [0.15, 0.2) is 6.07 Å². The van der Waals surface area contributed by atoms with Gasteiger partial charge in [0, 0.05) is 0 Å². The molecule has 0 bridgehead atoms. The van der Waals surface area contributed by atoms with Gasteiger partial charge < -0.3 is 9.84 Å². The molecular weight excluding hydrogens is 200 g/mol. The number of aliphatic hydroxyl groups is 1. The molecule has 1 aromatic carbocycles. The summed E-state index contributed by atoms with van der Waals surface area (Å²) in [6, 6.07) is 2.16. The Balaban J connectivity index is 2.72. The summed E-state index contributed by atoms with van der Waals surface area (Å²) in [5, 5.41) is 10.2. The minimum Gasteiger partial charge on any atom is -0.496 e. The highest BCUT2D eigenvalue weighted by Crippen LogP contribution is 2.48. The van der Waals surface area contributed by atoms with Crippen LogP contribution >= 0.6 is 0 Å². The molecule has 1 atom stereocenters. The van der Waals surface area contributed by atoms with Gasteiger partial charge in [0.05, 0.1) is 13.2 Å². The summed E-state index contributed by atoms with van der Waals surface area (Å²) in [7, 11) is 1.69. The van der Waals surface area contributed by atoms with E-state index in [9.17, 15) is 5.11 Å². The minimum atomic E-state index is -0.348. The normalized spacial score (nSPS) is 22.0. The average molecular weight is 220 g/mol. The lowest BCUT2D eigenvalue weighted by Crippen LogP contribution is -2.12. The Hall–Kier alpha value is -1.02. The summed E-state index contributed by atoms with van der Waals surface area (Å²) in [4.78, 5) is 0. The van der Waals surface area contributed by atoms with Crippen LogP contribution in [-0.4, -0.2) is 12.2 Å². The van der Waals surface area contributed by atoms with Crippen molar-refractivity contribution in [1.29, 1.82) is 0 Å². The molecule has 0 heterocycles. The second kappa shape index (κ2) is 3.49. The van der Waals surface area contributed by atoms with Gasteiger partial charge >= 0.3 is 0 Å². The van der Waals surface area contributed by atoms with Crippen molar-refractivity contribution in [1.82, 2.24) is 0 Å². The van der Waals surface area contributed by atoms with Crippen LogP contribution < -0.4 is 4.74 Å². The number of ether oxygens (including phenoxy) is 1. The van der Waals surface area contributed by atoms with Gasteiger partial charge in [-0.05, 0) is 47.9 Å². The highest BCUT2D eigenvalue weighted by Gasteiger charge is 2.38. The maximum atomic E-state index is 10.2. The van der Waals surface area contributed by atoms with E-state index in [4.69, 9.17) is 4.74 Å². The zero-order valence-electron chi connectivity index (χ0n) is 10.7. The Morgan fingerprint density at radius 2 is 2.00 bits per heavy atom. The van der Waals surface area contributed by atoms with Gasteiger partial charge in [-0.25, -0.2) is 0 Å². The second-order valence-electron chi connectivity index (χ2n) is 5.42. The highest BCUT2D eigenvalue weighted by molar-refractivity contribution is 5.55. The number of methoxy groups -OCH3 is 1. The molecule has 2 nitrogen and oxygen atoms in total. The molecular formula is C14H20O2. The van der Waals surface area contributed by atoms with Crippen molar-refractivity contribution in [2.24, 2.45) is 0 Å². The number of hydrogen-bond acceptors (Lipinski definition) is 2. The lowest BCUT2D eigenvalue weighted by Gasteiger charge is -2.21. The SMILES string of the molecule is COc1c(C)cc2c(c1C)C(O)CC2(C)C. The van der Waals surface area contributed by atoms with E-state index < -0.39 is 0 Å². The van der Waals surface area contributed by atoms with Crippen molar-refractivity contribution in [3.05, 3.63) is 28.3 Å². The van der Waals surface area contributed by atoms with Crippen LogP contribution in [0.5, 0.6) is 5.75 Å². The van der Waals surface area contributed by atoms with Crippen molar-refractivity contribution in [2.75, 3.05) is 7.11 Å². The molecule has 1 aromatic rings. The van der Waals surface area contributed by atoms with E-state index >= 15 is 0 Å². The smallest absolute Gasteiger partial charge is 0.125 e. The maximum Gasteiger partial charge on any atom is 0.125 e. The molecule has 2 rings (SSSR count). The van der Waals surface area contributed by atoms with E-state index in [1.807, 2.05) is 6.92 Å². The van der Waals surface area contributed by atoms with Crippen LogP contribution in [0.1, 0.15) is 48.6 Å². The van der Waals surface area contributed by atoms with Gasteiger partial charge in [-0.2, -0.15) is 0 Å². The summed E-state index contributed by atoms with van der Waals surface area (Å²) < 4.78 is 5.41. The van der Waals surface area contributed by atoms with Gasteiger partial charge in [0.1, 0.15) is 5.75 Å². The number of benzene rings is 1. The van der Waals surface area contributed by atoms with Crippen LogP contribution in [-0.2, 0) is 5.41 Å². The molecule has 2 heteroatoms. The van der Waals surface area contributed by atoms with Crippen molar-refractivity contribution in [3.63, 3.8) is 0 Å². The number of aryl methyl sites for hydroxylation is 1. The first-order chi connectivity index (χ1) is 7.38. The van der Waals surface area contributed by atoms with E-state index in [-0.39, 0.29) is 11.5 Å². The first-order valence-corrected chi connectivity index (χ1v) is 5.75. The number of rotatable bonds is 1. The quantitative estimate of drug-likeness (QED) is 0.788.